The minimum Gasteiger partial charge on any atom is -0.398 e. The number of halogens is 1. The maximum Gasteiger partial charge on any atom is 0.156 e. The largest absolute Gasteiger partial charge is 0.398 e. The van der Waals surface area contributed by atoms with Crippen LogP contribution in [0.1, 0.15) is 20.8 Å². The number of nitrogen functional groups attached to an aromatic ring is 1. The zero-order valence-electron chi connectivity index (χ0n) is 10.7. The Balaban J connectivity index is 2.65. The Hall–Kier alpha value is -0.390. The predicted octanol–water partition coefficient (Wildman–Crippen LogP) is 3.23. The molecule has 102 valence electrons. The maximum atomic E-state index is 11.9. The van der Waals surface area contributed by atoms with Crippen molar-refractivity contribution in [2.75, 3.05) is 17.2 Å². The van der Waals surface area contributed by atoms with Gasteiger partial charge in [-0.1, -0.05) is 11.6 Å². The summed E-state index contributed by atoms with van der Waals surface area (Å²) < 4.78 is 23.1. The average molecular weight is 308 g/mol. The SMILES string of the molecule is CC(C)(C)S(=O)(=O)CCSc1cc(Cl)ccc1N. The number of hydrogen-bond donors (Lipinski definition) is 1. The molecule has 0 bridgehead atoms. The van der Waals surface area contributed by atoms with Crippen LogP contribution in [0.4, 0.5) is 5.69 Å². The van der Waals surface area contributed by atoms with Crippen LogP contribution >= 0.6 is 23.4 Å². The summed E-state index contributed by atoms with van der Waals surface area (Å²) in [6, 6.07) is 5.20. The number of anilines is 1. The number of rotatable bonds is 4. The summed E-state index contributed by atoms with van der Waals surface area (Å²) in [6.45, 7) is 5.13. The number of thioether (sulfide) groups is 1. The minimum absolute atomic E-state index is 0.132. The van der Waals surface area contributed by atoms with Gasteiger partial charge in [0.2, 0.25) is 0 Å². The summed E-state index contributed by atoms with van der Waals surface area (Å²) in [6.07, 6.45) is 0. The molecule has 0 aliphatic heterocycles. The van der Waals surface area contributed by atoms with Gasteiger partial charge in [0.05, 0.1) is 10.5 Å². The van der Waals surface area contributed by atoms with Crippen LogP contribution in [0.25, 0.3) is 0 Å². The molecule has 0 spiro atoms. The molecule has 0 fully saturated rings. The van der Waals surface area contributed by atoms with Gasteiger partial charge in [-0.25, -0.2) is 8.42 Å². The fourth-order valence-corrected chi connectivity index (χ4v) is 3.93. The first-order valence-electron chi connectivity index (χ1n) is 5.53. The highest BCUT2D eigenvalue weighted by Gasteiger charge is 2.28. The van der Waals surface area contributed by atoms with Gasteiger partial charge in [0.1, 0.15) is 0 Å². The summed E-state index contributed by atoms with van der Waals surface area (Å²) in [4.78, 5) is 0.826. The molecule has 0 aliphatic carbocycles. The molecule has 1 aromatic rings. The Morgan fingerprint density at radius 3 is 2.50 bits per heavy atom. The van der Waals surface area contributed by atoms with Gasteiger partial charge in [0.15, 0.2) is 9.84 Å². The molecular formula is C12H18ClNO2S2. The molecule has 0 amide bonds. The van der Waals surface area contributed by atoms with E-state index in [1.54, 1.807) is 39.0 Å². The van der Waals surface area contributed by atoms with Crippen molar-refractivity contribution in [3.63, 3.8) is 0 Å². The standard InChI is InChI=1S/C12H18ClNO2S2/c1-12(2,3)18(15,16)7-6-17-11-8-9(13)4-5-10(11)14/h4-5,8H,6-7,14H2,1-3H3. The van der Waals surface area contributed by atoms with E-state index in [0.717, 1.165) is 4.90 Å². The van der Waals surface area contributed by atoms with Crippen LogP contribution in [0, 0.1) is 0 Å². The van der Waals surface area contributed by atoms with Gasteiger partial charge in [0.25, 0.3) is 0 Å². The lowest BCUT2D eigenvalue weighted by Crippen LogP contribution is -2.31. The Morgan fingerprint density at radius 2 is 1.94 bits per heavy atom. The van der Waals surface area contributed by atoms with Crippen molar-refractivity contribution in [2.45, 2.75) is 30.4 Å². The fraction of sp³-hybridized carbons (Fsp3) is 0.500. The molecule has 0 unspecified atom stereocenters. The van der Waals surface area contributed by atoms with Gasteiger partial charge in [-0.15, -0.1) is 11.8 Å². The Labute approximate surface area is 118 Å². The zero-order valence-corrected chi connectivity index (χ0v) is 13.1. The molecule has 6 heteroatoms. The van der Waals surface area contributed by atoms with E-state index in [2.05, 4.69) is 0 Å². The molecule has 0 heterocycles. The van der Waals surface area contributed by atoms with Crippen molar-refractivity contribution in [1.82, 2.24) is 0 Å². The lowest BCUT2D eigenvalue weighted by Gasteiger charge is -2.18. The normalized spacial score (nSPS) is 12.7. The summed E-state index contributed by atoms with van der Waals surface area (Å²) in [5, 5.41) is 0.602. The second-order valence-electron chi connectivity index (χ2n) is 4.96. The van der Waals surface area contributed by atoms with Crippen molar-refractivity contribution < 1.29 is 8.42 Å². The molecule has 0 saturated carbocycles. The van der Waals surface area contributed by atoms with Crippen molar-refractivity contribution in [3.8, 4) is 0 Å². The molecule has 3 nitrogen and oxygen atoms in total. The van der Waals surface area contributed by atoms with Gasteiger partial charge in [0, 0.05) is 21.4 Å². The third-order valence-corrected chi connectivity index (χ3v) is 6.69. The lowest BCUT2D eigenvalue weighted by molar-refractivity contribution is 0.562. The summed E-state index contributed by atoms with van der Waals surface area (Å²) in [7, 11) is -3.09. The quantitative estimate of drug-likeness (QED) is 0.685. The summed E-state index contributed by atoms with van der Waals surface area (Å²) >= 11 is 7.29. The monoisotopic (exact) mass is 307 g/mol. The Bertz CT molecular complexity index is 521. The topological polar surface area (TPSA) is 60.2 Å². The number of benzene rings is 1. The van der Waals surface area contributed by atoms with E-state index in [1.165, 1.54) is 11.8 Å². The van der Waals surface area contributed by atoms with Gasteiger partial charge >= 0.3 is 0 Å². The first-order valence-corrected chi connectivity index (χ1v) is 8.55. The smallest absolute Gasteiger partial charge is 0.156 e. The molecule has 2 N–H and O–H groups in total. The highest BCUT2D eigenvalue weighted by Crippen LogP contribution is 2.29. The van der Waals surface area contributed by atoms with Gasteiger partial charge < -0.3 is 5.73 Å². The fourth-order valence-electron chi connectivity index (χ4n) is 1.20. The number of hydrogen-bond acceptors (Lipinski definition) is 4. The second kappa shape index (κ2) is 5.72. The third-order valence-electron chi connectivity index (χ3n) is 2.52. The predicted molar refractivity (Wildman–Crippen MR) is 80.1 cm³/mol. The number of nitrogens with two attached hydrogens (primary N) is 1. The molecular weight excluding hydrogens is 290 g/mol. The van der Waals surface area contributed by atoms with Gasteiger partial charge in [-0.05, 0) is 39.0 Å². The molecule has 0 aliphatic rings. The van der Waals surface area contributed by atoms with Crippen molar-refractivity contribution in [1.29, 1.82) is 0 Å². The maximum absolute atomic E-state index is 11.9. The van der Waals surface area contributed by atoms with E-state index in [1.807, 2.05) is 0 Å². The Kier molecular flexibility index (Phi) is 4.98. The molecule has 0 saturated heterocycles. The van der Waals surface area contributed by atoms with Crippen LogP contribution < -0.4 is 5.73 Å². The third kappa shape index (κ3) is 4.07. The van der Waals surface area contributed by atoms with Crippen molar-refractivity contribution in [2.24, 2.45) is 0 Å². The van der Waals surface area contributed by atoms with E-state index in [0.29, 0.717) is 16.5 Å². The zero-order chi connectivity index (χ0) is 14.0. The Morgan fingerprint density at radius 1 is 1.33 bits per heavy atom. The second-order valence-corrected chi connectivity index (χ2v) is 9.40. The molecule has 1 aromatic carbocycles. The summed E-state index contributed by atoms with van der Waals surface area (Å²) in [5.74, 6) is 0.608. The first-order chi connectivity index (χ1) is 8.13. The van der Waals surface area contributed by atoms with Crippen LogP contribution in [0.3, 0.4) is 0 Å². The van der Waals surface area contributed by atoms with Crippen LogP contribution in [0.5, 0.6) is 0 Å². The van der Waals surface area contributed by atoms with E-state index in [-0.39, 0.29) is 5.75 Å². The van der Waals surface area contributed by atoms with Crippen LogP contribution in [-0.4, -0.2) is 24.7 Å². The molecule has 0 aromatic heterocycles. The minimum atomic E-state index is -3.09. The first kappa shape index (κ1) is 15.7. The highest BCUT2D eigenvalue weighted by atomic mass is 35.5. The highest BCUT2D eigenvalue weighted by molar-refractivity contribution is 8.01. The van der Waals surface area contributed by atoms with Crippen LogP contribution in [-0.2, 0) is 9.84 Å². The molecule has 0 atom stereocenters. The van der Waals surface area contributed by atoms with Gasteiger partial charge in [-0.2, -0.15) is 0 Å². The van der Waals surface area contributed by atoms with Crippen LogP contribution in [0.2, 0.25) is 5.02 Å². The number of sulfone groups is 1. The lowest BCUT2D eigenvalue weighted by atomic mass is 10.3. The molecule has 1 rings (SSSR count). The van der Waals surface area contributed by atoms with Crippen LogP contribution in [0.15, 0.2) is 23.1 Å². The van der Waals surface area contributed by atoms with Gasteiger partial charge in [-0.3, -0.25) is 0 Å². The summed E-state index contributed by atoms with van der Waals surface area (Å²) in [5.41, 5.74) is 6.42. The molecule has 0 radical (unpaired) electrons. The van der Waals surface area contributed by atoms with Crippen molar-refractivity contribution >= 4 is 38.9 Å². The molecule has 18 heavy (non-hydrogen) atoms. The van der Waals surface area contributed by atoms with E-state index < -0.39 is 14.6 Å². The van der Waals surface area contributed by atoms with E-state index in [9.17, 15) is 8.42 Å². The van der Waals surface area contributed by atoms with Crippen molar-refractivity contribution in [3.05, 3.63) is 23.2 Å². The van der Waals surface area contributed by atoms with E-state index in [4.69, 9.17) is 17.3 Å². The van der Waals surface area contributed by atoms with E-state index >= 15 is 0 Å². The average Bonchev–Trinajstić information content (AvgIpc) is 2.21.